The number of carbonyl (C=O) groups is 1. The van der Waals surface area contributed by atoms with Crippen LogP contribution in [0.25, 0.3) is 0 Å². The molecule has 0 fully saturated rings. The van der Waals surface area contributed by atoms with Crippen molar-refractivity contribution in [2.45, 2.75) is 32.5 Å². The van der Waals surface area contributed by atoms with E-state index in [1.807, 2.05) is 0 Å². The Hall–Kier alpha value is -1.67. The highest BCUT2D eigenvalue weighted by molar-refractivity contribution is 7.84. The Morgan fingerprint density at radius 3 is 2.70 bits per heavy atom. The molecule has 166 valence electrons. The molecule has 0 aliphatic carbocycles. The second-order valence-electron chi connectivity index (χ2n) is 6.52. The van der Waals surface area contributed by atoms with Crippen molar-refractivity contribution in [3.63, 3.8) is 0 Å². The van der Waals surface area contributed by atoms with E-state index in [0.717, 1.165) is 11.3 Å². The lowest BCUT2D eigenvalue weighted by Gasteiger charge is -2.21. The van der Waals surface area contributed by atoms with Crippen LogP contribution in [0.15, 0.2) is 18.6 Å². The van der Waals surface area contributed by atoms with Crippen LogP contribution in [-0.2, 0) is 14.5 Å². The smallest absolute Gasteiger partial charge is 0.333 e. The van der Waals surface area contributed by atoms with Gasteiger partial charge in [0, 0.05) is 24.2 Å². The summed E-state index contributed by atoms with van der Waals surface area (Å²) in [7, 11) is -4.11. The Bertz CT molecular complexity index is 982. The molecular weight excluding hydrogens is 456 g/mol. The summed E-state index contributed by atoms with van der Waals surface area (Å²) < 4.78 is 26.8. The van der Waals surface area contributed by atoms with Gasteiger partial charge in [-0.3, -0.25) is 8.98 Å². The van der Waals surface area contributed by atoms with E-state index in [1.54, 1.807) is 13.8 Å². The van der Waals surface area contributed by atoms with E-state index in [4.69, 9.17) is 16.7 Å². The second kappa shape index (κ2) is 10.6. The van der Waals surface area contributed by atoms with Crippen LogP contribution in [-0.4, -0.2) is 53.6 Å². The van der Waals surface area contributed by atoms with Gasteiger partial charge < -0.3 is 15.5 Å². The van der Waals surface area contributed by atoms with Gasteiger partial charge in [-0.15, -0.1) is 11.3 Å². The van der Waals surface area contributed by atoms with Gasteiger partial charge >= 0.3 is 10.3 Å². The van der Waals surface area contributed by atoms with Crippen LogP contribution in [0.2, 0.25) is 4.34 Å². The van der Waals surface area contributed by atoms with E-state index < -0.39 is 34.2 Å². The standard InChI is InChI=1S/C17H23ClN4O6S2/c1-3-10(7-28-30(19,26)27)13(24)6-21-17-12(5-20-8-22-17)15(25)14-4-11(9(2)23)16(18)29-14/h4-5,8-10,13,23-24H,3,6-7H2,1-2H3,(H2,19,26,27)(H,20,21,22)/t9?,10-,13+/m1/s1. The summed E-state index contributed by atoms with van der Waals surface area (Å²) in [6.45, 7) is 3.02. The lowest BCUT2D eigenvalue weighted by molar-refractivity contribution is 0.0839. The zero-order valence-electron chi connectivity index (χ0n) is 16.3. The highest BCUT2D eigenvalue weighted by Crippen LogP contribution is 2.33. The third kappa shape index (κ3) is 6.67. The second-order valence-corrected chi connectivity index (χ2v) is 9.40. The summed E-state index contributed by atoms with van der Waals surface area (Å²) in [4.78, 5) is 21.1. The highest BCUT2D eigenvalue weighted by Gasteiger charge is 2.23. The van der Waals surface area contributed by atoms with E-state index in [9.17, 15) is 23.4 Å². The molecule has 0 bridgehead atoms. The van der Waals surface area contributed by atoms with E-state index in [1.165, 1.54) is 18.6 Å². The summed E-state index contributed by atoms with van der Waals surface area (Å²) in [5, 5.41) is 27.8. The fourth-order valence-corrected chi connectivity index (χ4v) is 4.36. The average molecular weight is 479 g/mol. The fourth-order valence-electron chi connectivity index (χ4n) is 2.60. The number of thiophene rings is 1. The average Bonchev–Trinajstić information content (AvgIpc) is 3.07. The molecule has 30 heavy (non-hydrogen) atoms. The molecule has 0 saturated carbocycles. The number of aromatic nitrogens is 2. The molecule has 5 N–H and O–H groups in total. The normalized spacial score (nSPS) is 14.9. The molecule has 2 aromatic rings. The molecule has 13 heteroatoms. The number of hydrogen-bond donors (Lipinski definition) is 4. The van der Waals surface area contributed by atoms with Crippen molar-refractivity contribution in [1.82, 2.24) is 9.97 Å². The third-order valence-electron chi connectivity index (χ3n) is 4.34. The van der Waals surface area contributed by atoms with Gasteiger partial charge in [0.2, 0.25) is 5.78 Å². The van der Waals surface area contributed by atoms with Gasteiger partial charge in [0.25, 0.3) is 0 Å². The van der Waals surface area contributed by atoms with Gasteiger partial charge in [-0.2, -0.15) is 8.42 Å². The molecule has 0 aliphatic heterocycles. The van der Waals surface area contributed by atoms with Crippen molar-refractivity contribution in [1.29, 1.82) is 0 Å². The molecule has 0 radical (unpaired) electrons. The van der Waals surface area contributed by atoms with E-state index in [2.05, 4.69) is 19.5 Å². The van der Waals surface area contributed by atoms with E-state index in [0.29, 0.717) is 21.2 Å². The van der Waals surface area contributed by atoms with Crippen LogP contribution in [0.1, 0.15) is 47.2 Å². The zero-order valence-corrected chi connectivity index (χ0v) is 18.7. The molecule has 0 saturated heterocycles. The summed E-state index contributed by atoms with van der Waals surface area (Å²) in [5.74, 6) is -0.711. The van der Waals surface area contributed by atoms with Crippen LogP contribution in [0.3, 0.4) is 0 Å². The van der Waals surface area contributed by atoms with Crippen LogP contribution in [0.4, 0.5) is 5.82 Å². The molecule has 2 heterocycles. The minimum atomic E-state index is -4.11. The molecule has 3 atom stereocenters. The van der Waals surface area contributed by atoms with Gasteiger partial charge in [-0.25, -0.2) is 15.1 Å². The van der Waals surface area contributed by atoms with Gasteiger partial charge in [-0.05, 0) is 19.4 Å². The molecule has 1 unspecified atom stereocenters. The molecule has 10 nitrogen and oxygen atoms in total. The van der Waals surface area contributed by atoms with Crippen molar-refractivity contribution < 1.29 is 27.6 Å². The number of anilines is 1. The van der Waals surface area contributed by atoms with Crippen LogP contribution < -0.4 is 10.5 Å². The summed E-state index contributed by atoms with van der Waals surface area (Å²) in [6, 6.07) is 1.52. The predicted molar refractivity (Wildman–Crippen MR) is 113 cm³/mol. The van der Waals surface area contributed by atoms with Gasteiger partial charge in [0.15, 0.2) is 0 Å². The molecule has 0 spiro atoms. The SMILES string of the molecule is CC[C@H](COS(N)(=O)=O)[C@@H](O)CNc1ncncc1C(=O)c1cc(C(C)O)c(Cl)s1. The minimum Gasteiger partial charge on any atom is -0.391 e. The third-order valence-corrected chi connectivity index (χ3v) is 6.19. The molecule has 2 aromatic heterocycles. The maximum atomic E-state index is 12.9. The number of nitrogens with one attached hydrogen (secondary N) is 1. The topological polar surface area (TPSA) is 165 Å². The number of carbonyl (C=O) groups excluding carboxylic acids is 1. The highest BCUT2D eigenvalue weighted by atomic mass is 35.5. The van der Waals surface area contributed by atoms with Gasteiger partial charge in [-0.1, -0.05) is 18.5 Å². The van der Waals surface area contributed by atoms with E-state index >= 15 is 0 Å². The minimum absolute atomic E-state index is 0.0199. The lowest BCUT2D eigenvalue weighted by atomic mass is 10.0. The summed E-state index contributed by atoms with van der Waals surface area (Å²) in [6.07, 6.45) is 1.20. The number of hydrogen-bond acceptors (Lipinski definition) is 10. The lowest BCUT2D eigenvalue weighted by Crippen LogP contribution is -2.33. The molecule has 0 aliphatic rings. The van der Waals surface area contributed by atoms with Crippen molar-refractivity contribution in [3.8, 4) is 0 Å². The monoisotopic (exact) mass is 478 g/mol. The summed E-state index contributed by atoms with van der Waals surface area (Å²) in [5.41, 5.74) is 0.612. The molecule has 0 amide bonds. The largest absolute Gasteiger partial charge is 0.391 e. The Morgan fingerprint density at radius 1 is 1.43 bits per heavy atom. The first-order chi connectivity index (χ1) is 14.0. The van der Waals surface area contributed by atoms with Crippen molar-refractivity contribution in [2.24, 2.45) is 11.1 Å². The summed E-state index contributed by atoms with van der Waals surface area (Å²) >= 11 is 7.12. The molecular formula is C17H23ClN4O6S2. The Kier molecular flexibility index (Phi) is 8.67. The maximum absolute atomic E-state index is 12.9. The number of aliphatic hydroxyl groups is 2. The fraction of sp³-hybridized carbons (Fsp3) is 0.471. The van der Waals surface area contributed by atoms with E-state index in [-0.39, 0.29) is 24.5 Å². The number of nitrogens with two attached hydrogens (primary N) is 1. The number of ketones is 1. The zero-order chi connectivity index (χ0) is 22.5. The Morgan fingerprint density at radius 2 is 2.13 bits per heavy atom. The number of halogens is 1. The first-order valence-corrected chi connectivity index (χ1v) is 11.6. The molecule has 2 rings (SSSR count). The van der Waals surface area contributed by atoms with Gasteiger partial charge in [0.1, 0.15) is 12.1 Å². The van der Waals surface area contributed by atoms with Crippen LogP contribution in [0.5, 0.6) is 0 Å². The van der Waals surface area contributed by atoms with Crippen molar-refractivity contribution in [2.75, 3.05) is 18.5 Å². The first-order valence-electron chi connectivity index (χ1n) is 8.94. The van der Waals surface area contributed by atoms with Crippen LogP contribution >= 0.6 is 22.9 Å². The predicted octanol–water partition coefficient (Wildman–Crippen LogP) is 1.49. The number of nitrogens with zero attached hydrogens (tertiary/aromatic N) is 2. The van der Waals surface area contributed by atoms with Gasteiger partial charge in [0.05, 0.1) is 33.6 Å². The molecule has 0 aromatic carbocycles. The Balaban J connectivity index is 2.13. The number of aliphatic hydroxyl groups excluding tert-OH is 2. The quantitative estimate of drug-likeness (QED) is 0.350. The van der Waals surface area contributed by atoms with Crippen LogP contribution in [0, 0.1) is 5.92 Å². The first kappa shape index (κ1) is 24.6. The van der Waals surface area contributed by atoms with Crippen molar-refractivity contribution >= 4 is 44.8 Å². The Labute approximate surface area is 183 Å². The van der Waals surface area contributed by atoms with Crippen molar-refractivity contribution in [3.05, 3.63) is 38.9 Å². The number of rotatable bonds is 11. The maximum Gasteiger partial charge on any atom is 0.333 e.